The van der Waals surface area contributed by atoms with E-state index in [0.29, 0.717) is 16.8 Å². The van der Waals surface area contributed by atoms with Crippen molar-refractivity contribution in [3.63, 3.8) is 0 Å². The van der Waals surface area contributed by atoms with Crippen molar-refractivity contribution >= 4 is 27.8 Å². The number of nitrogens with zero attached hydrogens (tertiary/aromatic N) is 3. The van der Waals surface area contributed by atoms with E-state index in [0.717, 1.165) is 0 Å². The SMILES string of the molecule is COC(=O)c1ccc(CNS(=O)(=O)[N+]2(c3cccnc3)C[C@@H](C)N(C(C)=O)[C@@H](C)C2)cc1. The van der Waals surface area contributed by atoms with Crippen molar-refractivity contribution < 1.29 is 22.7 Å². The summed E-state index contributed by atoms with van der Waals surface area (Å²) in [7, 11) is -2.62. The first kappa shape index (κ1) is 23.8. The molecule has 1 amide bonds. The fourth-order valence-corrected chi connectivity index (χ4v) is 6.28. The molecule has 0 radical (unpaired) electrons. The van der Waals surface area contributed by atoms with E-state index in [4.69, 9.17) is 4.74 Å². The van der Waals surface area contributed by atoms with Crippen LogP contribution in [0.2, 0.25) is 0 Å². The summed E-state index contributed by atoms with van der Waals surface area (Å²) in [6.45, 7) is 5.69. The third-order valence-corrected chi connectivity index (χ3v) is 7.78. The lowest BCUT2D eigenvalue weighted by molar-refractivity contribution is -0.135. The number of hydrogen-bond donors (Lipinski definition) is 1. The minimum atomic E-state index is -3.92. The number of pyridine rings is 1. The van der Waals surface area contributed by atoms with Crippen molar-refractivity contribution in [2.45, 2.75) is 39.4 Å². The number of methoxy groups -OCH3 is 1. The molecule has 1 aromatic heterocycles. The Morgan fingerprint density at radius 1 is 1.16 bits per heavy atom. The van der Waals surface area contributed by atoms with E-state index in [9.17, 15) is 18.0 Å². The molecule has 0 saturated carbocycles. The normalized spacial score (nSPS) is 23.6. The molecule has 1 saturated heterocycles. The van der Waals surface area contributed by atoms with Gasteiger partial charge in [0.05, 0.1) is 31.0 Å². The molecule has 1 aliphatic heterocycles. The molecule has 172 valence electrons. The topological polar surface area (TPSA) is 106 Å². The number of aromatic nitrogens is 1. The molecular weight excluding hydrogens is 432 g/mol. The average Bonchev–Trinajstić information content (AvgIpc) is 2.77. The highest BCUT2D eigenvalue weighted by Gasteiger charge is 2.52. The second-order valence-corrected chi connectivity index (χ2v) is 10.0. The number of nitrogens with one attached hydrogen (secondary N) is 1. The first-order chi connectivity index (χ1) is 15.1. The molecule has 32 heavy (non-hydrogen) atoms. The monoisotopic (exact) mass is 461 g/mol. The van der Waals surface area contributed by atoms with Crippen LogP contribution in [0.1, 0.15) is 36.7 Å². The van der Waals surface area contributed by atoms with E-state index < -0.39 is 16.2 Å². The van der Waals surface area contributed by atoms with Gasteiger partial charge in [0.15, 0.2) is 5.69 Å². The van der Waals surface area contributed by atoms with Crippen LogP contribution in [0.25, 0.3) is 0 Å². The largest absolute Gasteiger partial charge is 0.465 e. The molecule has 0 aliphatic carbocycles. The maximum absolute atomic E-state index is 13.7. The van der Waals surface area contributed by atoms with Gasteiger partial charge < -0.3 is 9.64 Å². The molecule has 10 heteroatoms. The summed E-state index contributed by atoms with van der Waals surface area (Å²) in [5, 5.41) is 0. The van der Waals surface area contributed by atoms with Crippen molar-refractivity contribution in [1.29, 1.82) is 0 Å². The molecule has 2 heterocycles. The Hall–Kier alpha value is -2.82. The molecule has 0 spiro atoms. The molecule has 1 N–H and O–H groups in total. The van der Waals surface area contributed by atoms with Gasteiger partial charge in [-0.15, -0.1) is 0 Å². The number of carbonyl (C=O) groups excluding carboxylic acids is 2. The summed E-state index contributed by atoms with van der Waals surface area (Å²) in [5.74, 6) is -0.533. The summed E-state index contributed by atoms with van der Waals surface area (Å²) >= 11 is 0. The fourth-order valence-electron chi connectivity index (χ4n) is 4.47. The lowest BCUT2D eigenvalue weighted by Gasteiger charge is -2.48. The smallest absolute Gasteiger partial charge is 0.375 e. The van der Waals surface area contributed by atoms with Gasteiger partial charge in [-0.1, -0.05) is 12.1 Å². The molecule has 1 fully saturated rings. The Morgan fingerprint density at radius 3 is 2.28 bits per heavy atom. The predicted molar refractivity (Wildman–Crippen MR) is 121 cm³/mol. The second kappa shape index (κ2) is 9.35. The first-order valence-corrected chi connectivity index (χ1v) is 11.8. The van der Waals surface area contributed by atoms with Crippen LogP contribution in [0, 0.1) is 0 Å². The second-order valence-electron chi connectivity index (χ2n) is 8.07. The maximum atomic E-state index is 13.7. The lowest BCUT2D eigenvalue weighted by Crippen LogP contribution is -2.71. The number of piperazine rings is 1. The van der Waals surface area contributed by atoms with E-state index in [1.807, 2.05) is 13.8 Å². The van der Waals surface area contributed by atoms with Crippen LogP contribution in [0.3, 0.4) is 0 Å². The standard InChI is InChI=1S/C22H29N4O5S/c1-16-14-26(21-6-5-11-23-13-21,15-17(2)25(16)18(3)27)32(29,30)24-12-19-7-9-20(10-8-19)22(28)31-4/h5-11,13,16-17,24H,12,14-15H2,1-4H3/q+1/t16-,17+,26?. The molecule has 1 unspecified atom stereocenters. The lowest BCUT2D eigenvalue weighted by atomic mass is 10.1. The Kier molecular flexibility index (Phi) is 6.97. The highest BCUT2D eigenvalue weighted by Crippen LogP contribution is 2.33. The van der Waals surface area contributed by atoms with E-state index in [1.54, 1.807) is 53.7 Å². The van der Waals surface area contributed by atoms with Gasteiger partial charge in [-0.3, -0.25) is 9.78 Å². The predicted octanol–water partition coefficient (Wildman–Crippen LogP) is 1.85. The summed E-state index contributed by atoms with van der Waals surface area (Å²) in [6.07, 6.45) is 3.16. The molecule has 0 bridgehead atoms. The summed E-state index contributed by atoms with van der Waals surface area (Å²) in [5.41, 5.74) is 1.64. The molecular formula is C22H29N4O5S+. The number of ether oxygens (including phenoxy) is 1. The summed E-state index contributed by atoms with van der Waals surface area (Å²) < 4.78 is 34.5. The van der Waals surface area contributed by atoms with Crippen LogP contribution >= 0.6 is 0 Å². The van der Waals surface area contributed by atoms with Gasteiger partial charge in [0, 0.05) is 25.7 Å². The zero-order valence-corrected chi connectivity index (χ0v) is 19.5. The molecule has 3 atom stereocenters. The maximum Gasteiger partial charge on any atom is 0.375 e. The number of hydrogen-bond acceptors (Lipinski definition) is 6. The van der Waals surface area contributed by atoms with Crippen LogP contribution < -0.4 is 8.61 Å². The first-order valence-electron chi connectivity index (χ1n) is 10.3. The van der Waals surface area contributed by atoms with E-state index in [1.165, 1.54) is 14.0 Å². The van der Waals surface area contributed by atoms with Crippen molar-refractivity contribution in [3.05, 3.63) is 59.9 Å². The quantitative estimate of drug-likeness (QED) is 0.520. The van der Waals surface area contributed by atoms with Crippen LogP contribution in [0.4, 0.5) is 5.69 Å². The Balaban J connectivity index is 1.91. The Morgan fingerprint density at radius 2 is 1.78 bits per heavy atom. The van der Waals surface area contributed by atoms with Gasteiger partial charge in [0.1, 0.15) is 13.1 Å². The van der Waals surface area contributed by atoms with Crippen LogP contribution in [-0.2, 0) is 26.3 Å². The molecule has 3 rings (SSSR count). The summed E-state index contributed by atoms with van der Waals surface area (Å²) in [4.78, 5) is 29.6. The van der Waals surface area contributed by atoms with Gasteiger partial charge in [-0.2, -0.15) is 17.0 Å². The van der Waals surface area contributed by atoms with Crippen molar-refractivity contribution in [2.75, 3.05) is 20.2 Å². The van der Waals surface area contributed by atoms with Crippen LogP contribution in [0.15, 0.2) is 48.8 Å². The minimum Gasteiger partial charge on any atom is -0.465 e. The van der Waals surface area contributed by atoms with Crippen LogP contribution in [0.5, 0.6) is 0 Å². The molecule has 1 aromatic carbocycles. The van der Waals surface area contributed by atoms with Gasteiger partial charge in [-0.25, -0.2) is 4.79 Å². The minimum absolute atomic E-state index is 0.0588. The molecule has 2 aromatic rings. The van der Waals surface area contributed by atoms with Crippen LogP contribution in [-0.4, -0.2) is 62.5 Å². The Bertz CT molecular complexity index is 1060. The van der Waals surface area contributed by atoms with E-state index in [-0.39, 0.29) is 41.5 Å². The van der Waals surface area contributed by atoms with Crippen molar-refractivity contribution in [3.8, 4) is 0 Å². The van der Waals surface area contributed by atoms with Crippen molar-refractivity contribution in [2.24, 2.45) is 0 Å². The number of esters is 1. The zero-order valence-electron chi connectivity index (χ0n) is 18.7. The highest BCUT2D eigenvalue weighted by atomic mass is 32.2. The highest BCUT2D eigenvalue weighted by molar-refractivity contribution is 7.89. The third kappa shape index (κ3) is 4.52. The van der Waals surface area contributed by atoms with E-state index >= 15 is 0 Å². The average molecular weight is 462 g/mol. The number of quaternary nitrogens is 1. The van der Waals surface area contributed by atoms with E-state index in [2.05, 4.69) is 9.71 Å². The number of amides is 1. The Labute approximate surface area is 188 Å². The van der Waals surface area contributed by atoms with Gasteiger partial charge in [0.2, 0.25) is 5.91 Å². The number of rotatable bonds is 6. The van der Waals surface area contributed by atoms with Gasteiger partial charge in [0.25, 0.3) is 0 Å². The fraction of sp³-hybridized carbons (Fsp3) is 0.409. The molecule has 9 nitrogen and oxygen atoms in total. The number of benzene rings is 1. The third-order valence-electron chi connectivity index (χ3n) is 5.84. The van der Waals surface area contributed by atoms with Crippen molar-refractivity contribution in [1.82, 2.24) is 18.5 Å². The summed E-state index contributed by atoms with van der Waals surface area (Å²) in [6, 6.07) is 9.45. The van der Waals surface area contributed by atoms with Gasteiger partial charge in [-0.05, 0) is 37.6 Å². The molecule has 1 aliphatic rings. The number of carbonyl (C=O) groups is 2. The van der Waals surface area contributed by atoms with Gasteiger partial charge >= 0.3 is 16.2 Å². The zero-order chi connectivity index (χ0) is 23.5.